The number of benzene rings is 3. The van der Waals surface area contributed by atoms with E-state index in [4.69, 9.17) is 4.74 Å². The van der Waals surface area contributed by atoms with E-state index < -0.39 is 35.4 Å². The van der Waals surface area contributed by atoms with Gasteiger partial charge < -0.3 is 15.2 Å². The topological polar surface area (TPSA) is 58.6 Å². The van der Waals surface area contributed by atoms with Crippen molar-refractivity contribution in [2.45, 2.75) is 31.4 Å². The minimum Gasteiger partial charge on any atom is -0.449 e. The predicted molar refractivity (Wildman–Crippen MR) is 114 cm³/mol. The van der Waals surface area contributed by atoms with Gasteiger partial charge >= 0.3 is 6.09 Å². The van der Waals surface area contributed by atoms with Crippen molar-refractivity contribution in [2.75, 3.05) is 6.61 Å². The summed E-state index contributed by atoms with van der Waals surface area (Å²) in [4.78, 5) is 12.5. The fraction of sp³-hybridized carbons (Fsp3) is 0.240. The number of aliphatic hydroxyl groups is 1. The maximum absolute atomic E-state index is 14.0. The van der Waals surface area contributed by atoms with Gasteiger partial charge in [-0.3, -0.25) is 0 Å². The molecule has 31 heavy (non-hydrogen) atoms. The molecular formula is C25H23F2NO3. The van der Waals surface area contributed by atoms with Gasteiger partial charge in [0.2, 0.25) is 0 Å². The first-order valence-corrected chi connectivity index (χ1v) is 10.2. The van der Waals surface area contributed by atoms with Crippen LogP contribution in [0.2, 0.25) is 0 Å². The molecule has 2 unspecified atom stereocenters. The molecule has 160 valence electrons. The maximum atomic E-state index is 14.0. The van der Waals surface area contributed by atoms with Crippen LogP contribution in [0.4, 0.5) is 13.6 Å². The number of fused-ring (bicyclic) bond motifs is 3. The molecule has 0 bridgehead atoms. The van der Waals surface area contributed by atoms with Gasteiger partial charge in [0.1, 0.15) is 24.3 Å². The Morgan fingerprint density at radius 2 is 1.52 bits per heavy atom. The van der Waals surface area contributed by atoms with Crippen molar-refractivity contribution in [3.63, 3.8) is 0 Å². The van der Waals surface area contributed by atoms with Crippen LogP contribution in [0, 0.1) is 11.6 Å². The second kappa shape index (κ2) is 8.86. The maximum Gasteiger partial charge on any atom is 0.407 e. The Morgan fingerprint density at radius 1 is 0.968 bits per heavy atom. The van der Waals surface area contributed by atoms with E-state index >= 15 is 0 Å². The number of carbonyl (C=O) groups excluding carboxylic acids is 1. The second-order valence-electron chi connectivity index (χ2n) is 7.56. The number of nitrogens with one attached hydrogen (secondary N) is 1. The summed E-state index contributed by atoms with van der Waals surface area (Å²) in [5.41, 5.74) is 3.93. The number of aliphatic hydroxyl groups excluding tert-OH is 1. The Balaban J connectivity index is 1.46. The second-order valence-corrected chi connectivity index (χ2v) is 7.56. The molecule has 2 atom stereocenters. The highest BCUT2D eigenvalue weighted by Crippen LogP contribution is 2.44. The van der Waals surface area contributed by atoms with Crippen LogP contribution in [0.15, 0.2) is 66.7 Å². The number of alkyl carbamates (subject to hydrolysis) is 1. The van der Waals surface area contributed by atoms with Crippen molar-refractivity contribution in [1.82, 2.24) is 5.32 Å². The number of hydrogen-bond donors (Lipinski definition) is 2. The van der Waals surface area contributed by atoms with E-state index in [9.17, 15) is 18.7 Å². The molecule has 1 aliphatic carbocycles. The lowest BCUT2D eigenvalue weighted by atomic mass is 9.98. The molecule has 6 heteroatoms. The van der Waals surface area contributed by atoms with Crippen molar-refractivity contribution in [1.29, 1.82) is 0 Å². The summed E-state index contributed by atoms with van der Waals surface area (Å²) in [5, 5.41) is 13.0. The molecule has 4 nitrogen and oxygen atoms in total. The normalized spacial score (nSPS) is 14.5. The van der Waals surface area contributed by atoms with E-state index in [1.165, 1.54) is 6.07 Å². The molecule has 0 fully saturated rings. The third-order valence-electron chi connectivity index (χ3n) is 5.76. The van der Waals surface area contributed by atoms with Crippen LogP contribution >= 0.6 is 0 Å². The third kappa shape index (κ3) is 4.03. The predicted octanol–water partition coefficient (Wildman–Crippen LogP) is 5.32. The first kappa shape index (κ1) is 21.0. The average molecular weight is 423 g/mol. The summed E-state index contributed by atoms with van der Waals surface area (Å²) >= 11 is 0. The minimum absolute atomic E-state index is 0.104. The van der Waals surface area contributed by atoms with Gasteiger partial charge in [0.05, 0.1) is 11.6 Å². The van der Waals surface area contributed by atoms with Crippen LogP contribution in [-0.4, -0.2) is 23.8 Å². The zero-order chi connectivity index (χ0) is 22.0. The first-order valence-electron chi connectivity index (χ1n) is 10.2. The van der Waals surface area contributed by atoms with Crippen molar-refractivity contribution < 1.29 is 23.4 Å². The summed E-state index contributed by atoms with van der Waals surface area (Å²) in [6.07, 6.45) is -2.02. The molecule has 3 aromatic rings. The number of ether oxygens (including phenoxy) is 1. The van der Waals surface area contributed by atoms with Gasteiger partial charge in [-0.05, 0) is 40.8 Å². The van der Waals surface area contributed by atoms with E-state index in [0.717, 1.165) is 34.4 Å². The monoisotopic (exact) mass is 423 g/mol. The van der Waals surface area contributed by atoms with Gasteiger partial charge in [0, 0.05) is 5.92 Å². The van der Waals surface area contributed by atoms with E-state index in [1.807, 2.05) is 48.5 Å². The fourth-order valence-electron chi connectivity index (χ4n) is 4.19. The molecule has 0 aromatic heterocycles. The molecule has 4 rings (SSSR count). The molecule has 0 heterocycles. The van der Waals surface area contributed by atoms with Crippen molar-refractivity contribution in [2.24, 2.45) is 0 Å². The smallest absolute Gasteiger partial charge is 0.407 e. The zero-order valence-electron chi connectivity index (χ0n) is 17.0. The minimum atomic E-state index is -1.54. The van der Waals surface area contributed by atoms with Crippen molar-refractivity contribution in [3.8, 4) is 11.1 Å². The van der Waals surface area contributed by atoms with Crippen LogP contribution in [0.5, 0.6) is 0 Å². The zero-order valence-corrected chi connectivity index (χ0v) is 17.0. The van der Waals surface area contributed by atoms with Crippen molar-refractivity contribution in [3.05, 3.63) is 95.1 Å². The van der Waals surface area contributed by atoms with Crippen LogP contribution in [0.25, 0.3) is 11.1 Å². The first-order chi connectivity index (χ1) is 15.0. The van der Waals surface area contributed by atoms with E-state index in [1.54, 1.807) is 6.92 Å². The Hall–Kier alpha value is -3.25. The summed E-state index contributed by atoms with van der Waals surface area (Å²) in [7, 11) is 0. The number of amides is 1. The number of halogens is 2. The molecule has 0 aliphatic heterocycles. The molecule has 0 spiro atoms. The lowest BCUT2D eigenvalue weighted by Gasteiger charge is -2.24. The quantitative estimate of drug-likeness (QED) is 0.565. The molecule has 1 aliphatic rings. The number of carbonyl (C=O) groups is 1. The average Bonchev–Trinajstić information content (AvgIpc) is 3.09. The SMILES string of the molecule is CCC(NC(=O)OCC1c2ccccc2-c2ccccc21)C(O)c1c(F)cccc1F. The van der Waals surface area contributed by atoms with Crippen molar-refractivity contribution >= 4 is 6.09 Å². The number of hydrogen-bond acceptors (Lipinski definition) is 3. The molecule has 0 saturated heterocycles. The van der Waals surface area contributed by atoms with E-state index in [-0.39, 0.29) is 18.9 Å². The van der Waals surface area contributed by atoms with Gasteiger partial charge in [-0.1, -0.05) is 61.5 Å². The fourth-order valence-corrected chi connectivity index (χ4v) is 4.19. The molecule has 1 amide bonds. The number of rotatable bonds is 6. The van der Waals surface area contributed by atoms with Crippen LogP contribution in [0.1, 0.15) is 42.1 Å². The van der Waals surface area contributed by atoms with Gasteiger partial charge in [-0.2, -0.15) is 0 Å². The molecule has 0 saturated carbocycles. The van der Waals surface area contributed by atoms with Crippen LogP contribution in [-0.2, 0) is 4.74 Å². The third-order valence-corrected chi connectivity index (χ3v) is 5.76. The van der Waals surface area contributed by atoms with Crippen LogP contribution in [0.3, 0.4) is 0 Å². The highest BCUT2D eigenvalue weighted by atomic mass is 19.1. The van der Waals surface area contributed by atoms with E-state index in [0.29, 0.717) is 0 Å². The Bertz CT molecular complexity index is 1040. The van der Waals surface area contributed by atoms with Gasteiger partial charge in [-0.15, -0.1) is 0 Å². The Morgan fingerprint density at radius 3 is 2.06 bits per heavy atom. The largest absolute Gasteiger partial charge is 0.449 e. The van der Waals surface area contributed by atoms with E-state index in [2.05, 4.69) is 5.32 Å². The standard InChI is InChI=1S/C25H23F2NO3/c1-2-22(24(29)23-20(26)12-7-13-21(23)27)28-25(30)31-14-19-17-10-5-3-8-15(17)16-9-4-6-11-18(16)19/h3-13,19,22,24,29H,2,14H2,1H3,(H,28,30). The Kier molecular flexibility index (Phi) is 6.00. The lowest BCUT2D eigenvalue weighted by Crippen LogP contribution is -2.40. The highest BCUT2D eigenvalue weighted by Gasteiger charge is 2.30. The summed E-state index contributed by atoms with van der Waals surface area (Å²) in [5.74, 6) is -1.83. The van der Waals surface area contributed by atoms with Gasteiger partial charge in [0.15, 0.2) is 0 Å². The summed E-state index contributed by atoms with van der Waals surface area (Å²) in [6, 6.07) is 18.4. The van der Waals surface area contributed by atoms with Gasteiger partial charge in [-0.25, -0.2) is 13.6 Å². The highest BCUT2D eigenvalue weighted by molar-refractivity contribution is 5.79. The molecule has 0 radical (unpaired) electrons. The summed E-state index contributed by atoms with van der Waals surface area (Å²) < 4.78 is 33.5. The molecule has 3 aromatic carbocycles. The molecule has 2 N–H and O–H groups in total. The van der Waals surface area contributed by atoms with Gasteiger partial charge in [0.25, 0.3) is 0 Å². The van der Waals surface area contributed by atoms with Crippen LogP contribution < -0.4 is 5.32 Å². The summed E-state index contributed by atoms with van der Waals surface area (Å²) in [6.45, 7) is 1.82. The lowest BCUT2D eigenvalue weighted by molar-refractivity contribution is 0.0976. The Labute approximate surface area is 179 Å². The molecular weight excluding hydrogens is 400 g/mol.